The number of ether oxygens (including phenoxy) is 1. The molecule has 3 aliphatic carbocycles. The molecule has 0 aromatic heterocycles. The molecule has 1 aromatic carbocycles. The molecule has 0 aliphatic heterocycles. The van der Waals surface area contributed by atoms with Gasteiger partial charge in [0, 0.05) is 12.0 Å². The van der Waals surface area contributed by atoms with Crippen molar-refractivity contribution >= 4 is 19.4 Å². The first-order chi connectivity index (χ1) is 18.9. The fraction of sp³-hybridized carbons (Fsp3) is 0.676. The average Bonchev–Trinajstić information content (AvgIpc) is 2.96. The predicted octanol–water partition coefficient (Wildman–Crippen LogP) is 9.42. The van der Waals surface area contributed by atoms with Crippen molar-refractivity contribution in [2.75, 3.05) is 0 Å². The van der Waals surface area contributed by atoms with E-state index >= 15 is 0 Å². The van der Waals surface area contributed by atoms with E-state index in [1.54, 1.807) is 12.1 Å². The minimum atomic E-state index is -0.837. The largest absolute Gasteiger partial charge is 0.462 e. The normalized spacial score (nSPS) is 28.7. The molecule has 2 atom stereocenters. The molecule has 2 unspecified atom stereocenters. The SMILES string of the molecule is [B]C(CCC)c1ccc(C2=CCC(OC(=O)C3CCC(C4CCC(CC/C=C/C)CC4)CC3)CC2)c(F)c1F. The molecule has 2 fully saturated rings. The highest BCUT2D eigenvalue weighted by atomic mass is 19.2. The third kappa shape index (κ3) is 7.85. The summed E-state index contributed by atoms with van der Waals surface area (Å²) in [6.07, 6.45) is 21.5. The topological polar surface area (TPSA) is 26.3 Å². The van der Waals surface area contributed by atoms with Crippen LogP contribution in [-0.4, -0.2) is 19.9 Å². The van der Waals surface area contributed by atoms with E-state index in [9.17, 15) is 13.6 Å². The Kier molecular flexibility index (Phi) is 11.3. The molecule has 2 saturated carbocycles. The number of carbonyl (C=O) groups is 1. The minimum absolute atomic E-state index is 0.00945. The Morgan fingerprint density at radius 2 is 1.72 bits per heavy atom. The van der Waals surface area contributed by atoms with E-state index in [2.05, 4.69) is 19.1 Å². The van der Waals surface area contributed by atoms with Crippen LogP contribution in [-0.2, 0) is 9.53 Å². The van der Waals surface area contributed by atoms with Crippen LogP contribution in [0.15, 0.2) is 30.4 Å². The van der Waals surface area contributed by atoms with Crippen molar-refractivity contribution < 1.29 is 18.3 Å². The van der Waals surface area contributed by atoms with Crippen LogP contribution in [0.4, 0.5) is 8.78 Å². The molecular weight excluding hydrogens is 489 g/mol. The van der Waals surface area contributed by atoms with Crippen LogP contribution < -0.4 is 0 Å². The molecule has 0 amide bonds. The molecule has 5 heteroatoms. The Hall–Kier alpha value is -1.91. The summed E-state index contributed by atoms with van der Waals surface area (Å²) in [7, 11) is 6.03. The summed E-state index contributed by atoms with van der Waals surface area (Å²) in [5, 5.41) is 0. The van der Waals surface area contributed by atoms with Gasteiger partial charge < -0.3 is 4.74 Å². The molecule has 0 heterocycles. The van der Waals surface area contributed by atoms with Gasteiger partial charge in [0.05, 0.1) is 13.8 Å². The Balaban J connectivity index is 1.21. The second kappa shape index (κ2) is 14.6. The Bertz CT molecular complexity index is 1000. The van der Waals surface area contributed by atoms with E-state index in [0.717, 1.165) is 55.4 Å². The second-order valence-electron chi connectivity index (χ2n) is 12.3. The fourth-order valence-electron chi connectivity index (χ4n) is 7.26. The van der Waals surface area contributed by atoms with Crippen molar-refractivity contribution in [2.45, 2.75) is 122 Å². The quantitative estimate of drug-likeness (QED) is 0.169. The third-order valence-electron chi connectivity index (χ3n) is 9.74. The van der Waals surface area contributed by atoms with Crippen LogP contribution in [0.25, 0.3) is 5.57 Å². The van der Waals surface area contributed by atoms with Crippen molar-refractivity contribution in [1.82, 2.24) is 0 Å². The maximum Gasteiger partial charge on any atom is 0.309 e. The number of allylic oxidation sites excluding steroid dienone is 3. The monoisotopic (exact) mass is 536 g/mol. The van der Waals surface area contributed by atoms with E-state index in [1.807, 2.05) is 13.0 Å². The van der Waals surface area contributed by atoms with Crippen molar-refractivity contribution in [2.24, 2.45) is 23.7 Å². The lowest BCUT2D eigenvalue weighted by atomic mass is 9.68. The van der Waals surface area contributed by atoms with Crippen LogP contribution in [0.2, 0.25) is 0 Å². The van der Waals surface area contributed by atoms with Gasteiger partial charge in [0.1, 0.15) is 6.10 Å². The summed E-state index contributed by atoms with van der Waals surface area (Å²) < 4.78 is 35.5. The first kappa shape index (κ1) is 30.1. The van der Waals surface area contributed by atoms with Gasteiger partial charge in [-0.3, -0.25) is 4.79 Å². The van der Waals surface area contributed by atoms with Crippen molar-refractivity contribution in [3.8, 4) is 0 Å². The molecule has 0 bridgehead atoms. The van der Waals surface area contributed by atoms with Crippen LogP contribution >= 0.6 is 0 Å². The van der Waals surface area contributed by atoms with E-state index in [1.165, 1.54) is 38.5 Å². The number of hydrogen-bond acceptors (Lipinski definition) is 2. The zero-order valence-corrected chi connectivity index (χ0v) is 24.1. The maximum absolute atomic E-state index is 14.9. The summed E-state index contributed by atoms with van der Waals surface area (Å²) >= 11 is 0. The number of benzene rings is 1. The van der Waals surface area contributed by atoms with E-state index in [-0.39, 0.29) is 23.6 Å². The van der Waals surface area contributed by atoms with E-state index < -0.39 is 17.5 Å². The van der Waals surface area contributed by atoms with Gasteiger partial charge in [0.25, 0.3) is 0 Å². The summed E-state index contributed by atoms with van der Waals surface area (Å²) in [5.74, 6) is 0.298. The minimum Gasteiger partial charge on any atom is -0.462 e. The van der Waals surface area contributed by atoms with E-state index in [0.29, 0.717) is 31.2 Å². The molecule has 212 valence electrons. The average molecular weight is 537 g/mol. The highest BCUT2D eigenvalue weighted by molar-refractivity contribution is 6.12. The predicted molar refractivity (Wildman–Crippen MR) is 156 cm³/mol. The molecule has 2 nitrogen and oxygen atoms in total. The van der Waals surface area contributed by atoms with Gasteiger partial charge in [0.15, 0.2) is 11.6 Å². The molecule has 3 aliphatic rings. The summed E-state index contributed by atoms with van der Waals surface area (Å²) in [5.41, 5.74) is 1.32. The van der Waals surface area contributed by atoms with Gasteiger partial charge in [0.2, 0.25) is 0 Å². The summed E-state index contributed by atoms with van der Waals surface area (Å²) in [6.45, 7) is 4.08. The number of halogens is 2. The van der Waals surface area contributed by atoms with Gasteiger partial charge in [-0.15, -0.1) is 0 Å². The van der Waals surface area contributed by atoms with Crippen LogP contribution in [0.5, 0.6) is 0 Å². The Morgan fingerprint density at radius 1 is 1.03 bits per heavy atom. The standard InChI is InChI=1S/C34H47BF2O2/c1-3-5-6-8-23-9-11-24(12-10-23)25-13-15-27(16-14-25)34(38)39-28-19-17-26(18-20-28)29-21-22-30(31(35)7-4-2)33(37)32(29)36/h3,5,17,21-25,27-28,31H,4,6-16,18-20H2,1-2H3/b5-3+. The first-order valence-electron chi connectivity index (χ1n) is 15.7. The number of esters is 1. The maximum atomic E-state index is 14.9. The first-order valence-corrected chi connectivity index (χ1v) is 15.7. The van der Waals surface area contributed by atoms with Gasteiger partial charge in [-0.1, -0.05) is 68.8 Å². The molecule has 4 rings (SSSR count). The number of hydrogen-bond donors (Lipinski definition) is 0. The number of rotatable bonds is 10. The van der Waals surface area contributed by atoms with Crippen molar-refractivity contribution in [3.63, 3.8) is 0 Å². The van der Waals surface area contributed by atoms with Crippen LogP contribution in [0, 0.1) is 35.3 Å². The Labute approximate surface area is 236 Å². The van der Waals surface area contributed by atoms with Crippen LogP contribution in [0.3, 0.4) is 0 Å². The molecule has 2 radical (unpaired) electrons. The van der Waals surface area contributed by atoms with Crippen molar-refractivity contribution in [1.29, 1.82) is 0 Å². The zero-order valence-electron chi connectivity index (χ0n) is 24.1. The molecule has 0 N–H and O–H groups in total. The zero-order chi connectivity index (χ0) is 27.8. The molecule has 1 aromatic rings. The van der Waals surface area contributed by atoms with Gasteiger partial charge in [-0.2, -0.15) is 0 Å². The second-order valence-corrected chi connectivity index (χ2v) is 12.3. The van der Waals surface area contributed by atoms with Gasteiger partial charge >= 0.3 is 5.97 Å². The highest BCUT2D eigenvalue weighted by Crippen LogP contribution is 2.43. The summed E-state index contributed by atoms with van der Waals surface area (Å²) in [4.78, 5) is 13.0. The molecular formula is C34H47BF2O2. The number of carbonyl (C=O) groups excluding carboxylic acids is 1. The van der Waals surface area contributed by atoms with Crippen LogP contribution in [0.1, 0.15) is 127 Å². The smallest absolute Gasteiger partial charge is 0.309 e. The lowest BCUT2D eigenvalue weighted by Gasteiger charge is -2.37. The molecule has 0 saturated heterocycles. The molecule has 39 heavy (non-hydrogen) atoms. The lowest BCUT2D eigenvalue weighted by molar-refractivity contribution is -0.156. The summed E-state index contributed by atoms with van der Waals surface area (Å²) in [6, 6.07) is 3.27. The Morgan fingerprint density at radius 3 is 2.33 bits per heavy atom. The fourth-order valence-corrected chi connectivity index (χ4v) is 7.26. The van der Waals surface area contributed by atoms with E-state index in [4.69, 9.17) is 12.6 Å². The van der Waals surface area contributed by atoms with Gasteiger partial charge in [-0.25, -0.2) is 8.78 Å². The third-order valence-corrected chi connectivity index (χ3v) is 9.74. The lowest BCUT2D eigenvalue weighted by Crippen LogP contribution is -2.31. The van der Waals surface area contributed by atoms with Crippen molar-refractivity contribution in [3.05, 3.63) is 53.1 Å². The molecule has 0 spiro atoms. The van der Waals surface area contributed by atoms with Gasteiger partial charge in [-0.05, 0) is 100 Å². The highest BCUT2D eigenvalue weighted by Gasteiger charge is 2.34.